The largest absolute Gasteiger partial charge is 0.493 e. The number of anilines is 1. The van der Waals surface area contributed by atoms with Crippen LogP contribution in [0.2, 0.25) is 0 Å². The minimum absolute atomic E-state index is 0.0685. The van der Waals surface area contributed by atoms with Crippen molar-refractivity contribution in [3.63, 3.8) is 0 Å². The first-order chi connectivity index (χ1) is 15.8. The summed E-state index contributed by atoms with van der Waals surface area (Å²) in [6, 6.07) is 22.7. The van der Waals surface area contributed by atoms with Crippen molar-refractivity contribution >= 4 is 11.6 Å². The number of fused-ring (bicyclic) bond motifs is 2. The van der Waals surface area contributed by atoms with Crippen molar-refractivity contribution in [3.05, 3.63) is 91.0 Å². The highest BCUT2D eigenvalue weighted by atomic mass is 16.5. The smallest absolute Gasteiger partial charge is 0.254 e. The first-order valence-corrected chi connectivity index (χ1v) is 10.5. The van der Waals surface area contributed by atoms with E-state index in [0.29, 0.717) is 12.4 Å². The third kappa shape index (κ3) is 3.33. The summed E-state index contributed by atoms with van der Waals surface area (Å²) in [6.07, 6.45) is 5.91. The van der Waals surface area contributed by atoms with Gasteiger partial charge in [-0.2, -0.15) is 14.6 Å². The molecule has 0 fully saturated rings. The monoisotopic (exact) mass is 420 g/mol. The van der Waals surface area contributed by atoms with Crippen molar-refractivity contribution in [2.24, 2.45) is 0 Å². The number of hydrogen-bond acceptors (Lipinski definition) is 6. The molecule has 0 amide bonds. The number of rotatable bonds is 4. The lowest BCUT2D eigenvalue weighted by atomic mass is 9.95. The maximum absolute atomic E-state index is 5.95. The number of nitrogens with one attached hydrogen (secondary N) is 1. The summed E-state index contributed by atoms with van der Waals surface area (Å²) in [5.74, 6) is 2.28. The Morgan fingerprint density at radius 2 is 1.84 bits per heavy atom. The SMILES string of the molecule is c1ccc(-c2ccc3c(c2)C(Nc2cc(-c4cccnc4)nc4ncnn24)CCO3)cc1. The van der Waals surface area contributed by atoms with E-state index in [1.165, 1.54) is 17.5 Å². The normalized spacial score (nSPS) is 15.2. The number of pyridine rings is 1. The Morgan fingerprint density at radius 3 is 2.72 bits per heavy atom. The Balaban J connectivity index is 1.41. The summed E-state index contributed by atoms with van der Waals surface area (Å²) >= 11 is 0. The second-order valence-electron chi connectivity index (χ2n) is 7.69. The minimum Gasteiger partial charge on any atom is -0.493 e. The van der Waals surface area contributed by atoms with Crippen molar-refractivity contribution in [1.29, 1.82) is 0 Å². The first-order valence-electron chi connectivity index (χ1n) is 10.5. The number of benzene rings is 2. The van der Waals surface area contributed by atoms with Crippen molar-refractivity contribution in [1.82, 2.24) is 24.6 Å². The zero-order valence-electron chi connectivity index (χ0n) is 17.2. The van der Waals surface area contributed by atoms with Crippen LogP contribution in [0.15, 0.2) is 85.5 Å². The Kier molecular flexibility index (Phi) is 4.50. The summed E-state index contributed by atoms with van der Waals surface area (Å²) in [6.45, 7) is 0.649. The standard InChI is InChI=1S/C25H20N6O/c1-2-5-17(6-3-1)18-8-9-23-20(13-18)21(10-12-32-23)29-24-14-22(19-7-4-11-26-15-19)30-25-27-16-28-31(24)25/h1-9,11,13-16,21,29H,10,12H2. The molecule has 4 heterocycles. The van der Waals surface area contributed by atoms with Gasteiger partial charge < -0.3 is 10.1 Å². The predicted octanol–water partition coefficient (Wildman–Crippen LogP) is 4.79. The van der Waals surface area contributed by atoms with Gasteiger partial charge in [0, 0.05) is 36.0 Å². The van der Waals surface area contributed by atoms with E-state index >= 15 is 0 Å². The van der Waals surface area contributed by atoms with E-state index < -0.39 is 0 Å². The number of hydrogen-bond donors (Lipinski definition) is 1. The molecule has 7 nitrogen and oxygen atoms in total. The van der Waals surface area contributed by atoms with Crippen LogP contribution in [-0.4, -0.2) is 31.2 Å². The molecule has 156 valence electrons. The van der Waals surface area contributed by atoms with Gasteiger partial charge in [-0.05, 0) is 35.4 Å². The van der Waals surface area contributed by atoms with Crippen LogP contribution in [0.5, 0.6) is 5.75 Å². The van der Waals surface area contributed by atoms with Gasteiger partial charge in [-0.15, -0.1) is 0 Å². The average molecular weight is 420 g/mol. The van der Waals surface area contributed by atoms with Crippen LogP contribution < -0.4 is 10.1 Å². The van der Waals surface area contributed by atoms with Crippen LogP contribution in [0.3, 0.4) is 0 Å². The van der Waals surface area contributed by atoms with Crippen LogP contribution in [0, 0.1) is 0 Å². The summed E-state index contributed by atoms with van der Waals surface area (Å²) in [4.78, 5) is 13.2. The fraction of sp³-hybridized carbons (Fsp3) is 0.120. The zero-order chi connectivity index (χ0) is 21.3. The van der Waals surface area contributed by atoms with E-state index in [1.54, 1.807) is 16.9 Å². The Bertz CT molecular complexity index is 1380. The van der Waals surface area contributed by atoms with Gasteiger partial charge in [0.2, 0.25) is 0 Å². The van der Waals surface area contributed by atoms with E-state index in [4.69, 9.17) is 4.74 Å². The lowest BCUT2D eigenvalue weighted by molar-refractivity contribution is 0.274. The molecule has 1 unspecified atom stereocenters. The van der Waals surface area contributed by atoms with E-state index in [9.17, 15) is 0 Å². The molecule has 6 rings (SSSR count). The fourth-order valence-electron chi connectivity index (χ4n) is 4.11. The molecule has 1 aliphatic rings. The molecule has 1 aliphatic heterocycles. The average Bonchev–Trinajstić information content (AvgIpc) is 3.34. The fourth-order valence-corrected chi connectivity index (χ4v) is 4.11. The molecular weight excluding hydrogens is 400 g/mol. The molecule has 1 atom stereocenters. The van der Waals surface area contributed by atoms with Gasteiger partial charge in [0.05, 0.1) is 18.3 Å². The molecule has 3 aromatic heterocycles. The Morgan fingerprint density at radius 1 is 0.938 bits per heavy atom. The predicted molar refractivity (Wildman–Crippen MR) is 122 cm³/mol. The van der Waals surface area contributed by atoms with Crippen LogP contribution in [0.25, 0.3) is 28.2 Å². The topological polar surface area (TPSA) is 77.2 Å². The molecule has 0 saturated carbocycles. The summed E-state index contributed by atoms with van der Waals surface area (Å²) < 4.78 is 7.68. The maximum Gasteiger partial charge on any atom is 0.254 e. The van der Waals surface area contributed by atoms with Gasteiger partial charge >= 0.3 is 0 Å². The van der Waals surface area contributed by atoms with Gasteiger partial charge in [0.15, 0.2) is 0 Å². The molecule has 0 spiro atoms. The van der Waals surface area contributed by atoms with Crippen LogP contribution in [0.1, 0.15) is 18.0 Å². The van der Waals surface area contributed by atoms with Crippen molar-refractivity contribution in [3.8, 4) is 28.1 Å². The van der Waals surface area contributed by atoms with Crippen molar-refractivity contribution < 1.29 is 4.74 Å². The summed E-state index contributed by atoms with van der Waals surface area (Å²) in [7, 11) is 0. The van der Waals surface area contributed by atoms with E-state index in [2.05, 4.69) is 67.8 Å². The molecule has 5 aromatic rings. The van der Waals surface area contributed by atoms with E-state index in [-0.39, 0.29) is 6.04 Å². The minimum atomic E-state index is 0.0685. The van der Waals surface area contributed by atoms with Crippen LogP contribution in [-0.2, 0) is 0 Å². The summed E-state index contributed by atoms with van der Waals surface area (Å²) in [5.41, 5.74) is 5.20. The molecule has 0 saturated heterocycles. The highest BCUT2D eigenvalue weighted by molar-refractivity contribution is 5.68. The molecule has 1 N–H and O–H groups in total. The highest BCUT2D eigenvalue weighted by Gasteiger charge is 2.23. The Hall–Kier alpha value is -4.26. The molecule has 0 bridgehead atoms. The zero-order valence-corrected chi connectivity index (χ0v) is 17.2. The third-order valence-electron chi connectivity index (χ3n) is 5.69. The molecule has 0 aliphatic carbocycles. The lowest BCUT2D eigenvalue weighted by Crippen LogP contribution is -2.22. The first kappa shape index (κ1) is 18.5. The number of aromatic nitrogens is 5. The van der Waals surface area contributed by atoms with Crippen LogP contribution in [0.4, 0.5) is 5.82 Å². The second kappa shape index (κ2) is 7.77. The van der Waals surface area contributed by atoms with Crippen LogP contribution >= 0.6 is 0 Å². The van der Waals surface area contributed by atoms with Gasteiger partial charge in [0.1, 0.15) is 17.9 Å². The third-order valence-corrected chi connectivity index (χ3v) is 5.69. The molecule has 0 radical (unpaired) electrons. The number of ether oxygens (including phenoxy) is 1. The molecule has 32 heavy (non-hydrogen) atoms. The van der Waals surface area contributed by atoms with Gasteiger partial charge in [-0.25, -0.2) is 4.98 Å². The van der Waals surface area contributed by atoms with E-state index in [1.807, 2.05) is 24.3 Å². The second-order valence-corrected chi connectivity index (χ2v) is 7.69. The maximum atomic E-state index is 5.95. The highest BCUT2D eigenvalue weighted by Crippen LogP contribution is 2.37. The lowest BCUT2D eigenvalue weighted by Gasteiger charge is -2.28. The van der Waals surface area contributed by atoms with Crippen molar-refractivity contribution in [2.45, 2.75) is 12.5 Å². The molecule has 2 aromatic carbocycles. The quantitative estimate of drug-likeness (QED) is 0.451. The van der Waals surface area contributed by atoms with Crippen molar-refractivity contribution in [2.75, 3.05) is 11.9 Å². The molecular formula is C25H20N6O. The van der Waals surface area contributed by atoms with E-state index in [0.717, 1.165) is 34.8 Å². The van der Waals surface area contributed by atoms with Gasteiger partial charge in [0.25, 0.3) is 5.78 Å². The Labute approximate surface area is 184 Å². The van der Waals surface area contributed by atoms with Gasteiger partial charge in [-0.3, -0.25) is 4.98 Å². The number of nitrogens with zero attached hydrogens (tertiary/aromatic N) is 5. The molecule has 7 heteroatoms. The van der Waals surface area contributed by atoms with Gasteiger partial charge in [-0.1, -0.05) is 36.4 Å². The summed E-state index contributed by atoms with van der Waals surface area (Å²) in [5, 5.41) is 8.05.